The smallest absolute Gasteiger partial charge is 0.229 e. The summed E-state index contributed by atoms with van der Waals surface area (Å²) in [6, 6.07) is 9.48. The Morgan fingerprint density at radius 2 is 1.81 bits per heavy atom. The molecule has 1 saturated heterocycles. The van der Waals surface area contributed by atoms with Crippen LogP contribution in [0.2, 0.25) is 0 Å². The lowest BCUT2D eigenvalue weighted by Crippen LogP contribution is -2.34. The Hall–Kier alpha value is -2.61. The van der Waals surface area contributed by atoms with Crippen LogP contribution in [0.25, 0.3) is 0 Å². The highest BCUT2D eigenvalue weighted by atomic mass is 16.2. The fraction of sp³-hybridized carbons (Fsp3) is 0.312. The van der Waals surface area contributed by atoms with Crippen LogP contribution in [-0.2, 0) is 14.4 Å². The molecule has 21 heavy (non-hydrogen) atoms. The quantitative estimate of drug-likeness (QED) is 0.653. The van der Waals surface area contributed by atoms with Gasteiger partial charge >= 0.3 is 0 Å². The first-order valence-corrected chi connectivity index (χ1v) is 6.80. The second-order valence-corrected chi connectivity index (χ2v) is 4.63. The molecular weight excluding hydrogens is 268 g/mol. The van der Waals surface area contributed by atoms with E-state index in [1.165, 1.54) is 0 Å². The zero-order chi connectivity index (χ0) is 15.1. The van der Waals surface area contributed by atoms with Gasteiger partial charge in [0.25, 0.3) is 0 Å². The van der Waals surface area contributed by atoms with E-state index in [-0.39, 0.29) is 50.1 Å². The monoisotopic (exact) mass is 284 g/mol. The van der Waals surface area contributed by atoms with Gasteiger partial charge in [-0.1, -0.05) is 30.0 Å². The number of benzene rings is 1. The number of nitrogens with one attached hydrogen (secondary N) is 1. The normalized spacial score (nSPS) is 13.8. The molecule has 3 amide bonds. The number of nitrogens with zero attached hydrogens (tertiary/aromatic N) is 1. The Kier molecular flexibility index (Phi) is 5.10. The van der Waals surface area contributed by atoms with Crippen molar-refractivity contribution in [2.24, 2.45) is 0 Å². The lowest BCUT2D eigenvalue weighted by molar-refractivity contribution is -0.138. The minimum Gasteiger partial charge on any atom is -0.345 e. The van der Waals surface area contributed by atoms with Gasteiger partial charge in [0, 0.05) is 31.4 Å². The van der Waals surface area contributed by atoms with E-state index in [9.17, 15) is 14.4 Å². The largest absolute Gasteiger partial charge is 0.345 e. The lowest BCUT2D eigenvalue weighted by Gasteiger charge is -2.12. The summed E-state index contributed by atoms with van der Waals surface area (Å²) in [6.45, 7) is 0.394. The molecule has 0 saturated carbocycles. The highest BCUT2D eigenvalue weighted by Crippen LogP contribution is 2.11. The van der Waals surface area contributed by atoms with Crippen LogP contribution in [0.5, 0.6) is 0 Å². The van der Waals surface area contributed by atoms with Gasteiger partial charge in [-0.2, -0.15) is 0 Å². The van der Waals surface area contributed by atoms with Gasteiger partial charge in [0.1, 0.15) is 0 Å². The summed E-state index contributed by atoms with van der Waals surface area (Å²) >= 11 is 0. The van der Waals surface area contributed by atoms with Crippen LogP contribution in [0, 0.1) is 11.8 Å². The fourth-order valence-corrected chi connectivity index (χ4v) is 1.98. The Morgan fingerprint density at radius 1 is 1.14 bits per heavy atom. The maximum atomic E-state index is 11.6. The molecule has 1 N–H and O–H groups in total. The average Bonchev–Trinajstić information content (AvgIpc) is 2.81. The van der Waals surface area contributed by atoms with Crippen molar-refractivity contribution in [2.75, 3.05) is 13.1 Å². The number of imide groups is 1. The molecule has 1 aromatic rings. The molecule has 5 nitrogen and oxygen atoms in total. The van der Waals surface area contributed by atoms with Crippen molar-refractivity contribution in [3.8, 4) is 11.8 Å². The molecular formula is C16H16N2O3. The molecule has 0 radical (unpaired) electrons. The molecule has 108 valence electrons. The molecule has 0 aromatic heterocycles. The van der Waals surface area contributed by atoms with E-state index in [4.69, 9.17) is 0 Å². The van der Waals surface area contributed by atoms with Crippen molar-refractivity contribution in [2.45, 2.75) is 19.3 Å². The molecule has 1 fully saturated rings. The Balaban J connectivity index is 1.70. The topological polar surface area (TPSA) is 66.5 Å². The van der Waals surface area contributed by atoms with Gasteiger partial charge in [-0.25, -0.2) is 0 Å². The van der Waals surface area contributed by atoms with Crippen LogP contribution in [-0.4, -0.2) is 35.7 Å². The Morgan fingerprint density at radius 3 is 2.48 bits per heavy atom. The maximum absolute atomic E-state index is 11.6. The van der Waals surface area contributed by atoms with Gasteiger partial charge in [-0.3, -0.25) is 19.3 Å². The van der Waals surface area contributed by atoms with Gasteiger partial charge in [0.2, 0.25) is 17.7 Å². The van der Waals surface area contributed by atoms with Crippen LogP contribution in [0.15, 0.2) is 30.3 Å². The Labute approximate surface area is 123 Å². The second kappa shape index (κ2) is 7.25. The minimum atomic E-state index is -0.218. The molecule has 2 rings (SSSR count). The molecule has 0 spiro atoms. The third-order valence-corrected chi connectivity index (χ3v) is 3.10. The molecule has 0 bridgehead atoms. The summed E-state index contributed by atoms with van der Waals surface area (Å²) in [5, 5.41) is 2.64. The predicted octanol–water partition coefficient (Wildman–Crippen LogP) is 0.693. The van der Waals surface area contributed by atoms with E-state index in [0.717, 1.165) is 10.5 Å². The van der Waals surface area contributed by atoms with E-state index >= 15 is 0 Å². The average molecular weight is 284 g/mol. The van der Waals surface area contributed by atoms with E-state index < -0.39 is 0 Å². The third kappa shape index (κ3) is 4.46. The Bertz CT molecular complexity index is 583. The molecule has 1 aliphatic rings. The van der Waals surface area contributed by atoms with Crippen LogP contribution in [0.3, 0.4) is 0 Å². The number of carbonyl (C=O) groups excluding carboxylic acids is 3. The zero-order valence-electron chi connectivity index (χ0n) is 11.6. The molecule has 1 aliphatic heterocycles. The van der Waals surface area contributed by atoms with Crippen molar-refractivity contribution in [1.29, 1.82) is 0 Å². The summed E-state index contributed by atoms with van der Waals surface area (Å²) in [4.78, 5) is 35.5. The van der Waals surface area contributed by atoms with Gasteiger partial charge in [0.15, 0.2) is 0 Å². The molecule has 0 atom stereocenters. The second-order valence-electron chi connectivity index (χ2n) is 4.63. The number of amides is 3. The van der Waals surface area contributed by atoms with E-state index in [2.05, 4.69) is 17.2 Å². The predicted molar refractivity (Wildman–Crippen MR) is 76.9 cm³/mol. The van der Waals surface area contributed by atoms with Crippen molar-refractivity contribution < 1.29 is 14.4 Å². The molecule has 0 aliphatic carbocycles. The first kappa shape index (κ1) is 14.8. The minimum absolute atomic E-state index is 0.116. The molecule has 5 heteroatoms. The first-order valence-electron chi connectivity index (χ1n) is 6.80. The van der Waals surface area contributed by atoms with E-state index in [0.29, 0.717) is 0 Å². The molecule has 0 unspecified atom stereocenters. The summed E-state index contributed by atoms with van der Waals surface area (Å²) in [7, 11) is 0. The van der Waals surface area contributed by atoms with E-state index in [1.54, 1.807) is 0 Å². The number of likely N-dealkylation sites (tertiary alicyclic amines) is 1. The van der Waals surface area contributed by atoms with Crippen LogP contribution >= 0.6 is 0 Å². The van der Waals surface area contributed by atoms with Crippen molar-refractivity contribution in [1.82, 2.24) is 10.2 Å². The van der Waals surface area contributed by atoms with Crippen molar-refractivity contribution >= 4 is 17.7 Å². The van der Waals surface area contributed by atoms with Crippen LogP contribution < -0.4 is 5.32 Å². The van der Waals surface area contributed by atoms with Gasteiger partial charge in [-0.15, -0.1) is 0 Å². The summed E-state index contributed by atoms with van der Waals surface area (Å²) in [5.74, 6) is 5.16. The first-order chi connectivity index (χ1) is 10.2. The number of hydrogen-bond donors (Lipinski definition) is 1. The third-order valence-electron chi connectivity index (χ3n) is 3.10. The maximum Gasteiger partial charge on any atom is 0.229 e. The highest BCUT2D eigenvalue weighted by Gasteiger charge is 2.28. The van der Waals surface area contributed by atoms with Crippen molar-refractivity contribution in [3.63, 3.8) is 0 Å². The number of hydrogen-bond acceptors (Lipinski definition) is 3. The summed E-state index contributed by atoms with van der Waals surface area (Å²) < 4.78 is 0. The fourth-order valence-electron chi connectivity index (χ4n) is 1.98. The summed E-state index contributed by atoms with van der Waals surface area (Å²) in [5.41, 5.74) is 0.889. The standard InChI is InChI=1S/C16H16N2O3/c19-14(10-12-18-15(20)8-9-16(18)21)17-11-4-7-13-5-2-1-3-6-13/h1-3,5-6H,8-12H2,(H,17,19). The van der Waals surface area contributed by atoms with Crippen LogP contribution in [0.1, 0.15) is 24.8 Å². The summed E-state index contributed by atoms with van der Waals surface area (Å²) in [6.07, 6.45) is 0.622. The number of carbonyl (C=O) groups is 3. The van der Waals surface area contributed by atoms with Crippen molar-refractivity contribution in [3.05, 3.63) is 35.9 Å². The van der Waals surface area contributed by atoms with Crippen LogP contribution in [0.4, 0.5) is 0 Å². The lowest BCUT2D eigenvalue weighted by atomic mass is 10.2. The zero-order valence-corrected chi connectivity index (χ0v) is 11.6. The SMILES string of the molecule is O=C(CCN1C(=O)CCC1=O)NCC#Cc1ccccc1. The van der Waals surface area contributed by atoms with Gasteiger partial charge in [-0.05, 0) is 12.1 Å². The van der Waals surface area contributed by atoms with Gasteiger partial charge in [0.05, 0.1) is 6.54 Å². The van der Waals surface area contributed by atoms with Gasteiger partial charge < -0.3 is 5.32 Å². The molecule has 1 heterocycles. The van der Waals surface area contributed by atoms with E-state index in [1.807, 2.05) is 30.3 Å². The number of rotatable bonds is 4. The highest BCUT2D eigenvalue weighted by molar-refractivity contribution is 6.02. The molecule has 1 aromatic carbocycles.